The Morgan fingerprint density at radius 3 is 3.00 bits per heavy atom. The Bertz CT molecular complexity index is 235. The molecule has 0 N–H and O–H groups in total. The minimum absolute atomic E-state index is 0.631. The van der Waals surface area contributed by atoms with Gasteiger partial charge < -0.3 is 0 Å². The number of hydrogen-bond acceptors (Lipinski definition) is 2. The number of halogens is 1. The maximum atomic E-state index is 3.97. The molecule has 0 aliphatic rings. The van der Waals surface area contributed by atoms with Crippen molar-refractivity contribution in [2.45, 2.75) is 6.54 Å². The van der Waals surface area contributed by atoms with Crippen LogP contribution in [0, 0.1) is 0 Å². The first-order valence-electron chi connectivity index (χ1n) is 2.85. The summed E-state index contributed by atoms with van der Waals surface area (Å²) in [7, 11) is 0. The van der Waals surface area contributed by atoms with E-state index in [4.69, 9.17) is 0 Å². The van der Waals surface area contributed by atoms with E-state index in [1.165, 1.54) is 0 Å². The van der Waals surface area contributed by atoms with Crippen LogP contribution in [0.25, 0.3) is 0 Å². The summed E-state index contributed by atoms with van der Waals surface area (Å²) in [5, 5.41) is 0. The lowest BCUT2D eigenvalue weighted by molar-refractivity contribution is 1.05. The zero-order chi connectivity index (χ0) is 7.40. The second-order valence-corrected chi connectivity index (χ2v) is 2.81. The second kappa shape index (κ2) is 3.46. The summed E-state index contributed by atoms with van der Waals surface area (Å²) >= 11 is 3.31. The molecule has 0 aliphatic heterocycles. The molecule has 0 saturated carbocycles. The zero-order valence-corrected chi connectivity index (χ0v) is 7.00. The largest absolute Gasteiger partial charge is 0.296 e. The van der Waals surface area contributed by atoms with Crippen LogP contribution >= 0.6 is 15.9 Å². The van der Waals surface area contributed by atoms with Gasteiger partial charge in [-0.25, -0.2) is 0 Å². The highest BCUT2D eigenvalue weighted by Crippen LogP contribution is 2.09. The number of aromatic nitrogens is 1. The monoisotopic (exact) mass is 198 g/mol. The fraction of sp³-hybridized carbons (Fsp3) is 0.143. The minimum Gasteiger partial charge on any atom is -0.296 e. The highest BCUT2D eigenvalue weighted by Gasteiger charge is 1.90. The SMILES string of the molecule is C=NCc1cncc(Br)c1. The molecule has 2 nitrogen and oxygen atoms in total. The van der Waals surface area contributed by atoms with Crippen LogP contribution in [0.2, 0.25) is 0 Å². The molecule has 0 bridgehead atoms. The van der Waals surface area contributed by atoms with Crippen molar-refractivity contribution < 1.29 is 0 Å². The molecule has 52 valence electrons. The van der Waals surface area contributed by atoms with Crippen molar-refractivity contribution in [2.24, 2.45) is 4.99 Å². The Labute approximate surface area is 68.1 Å². The van der Waals surface area contributed by atoms with E-state index in [0.29, 0.717) is 6.54 Å². The third-order valence-electron chi connectivity index (χ3n) is 1.06. The third kappa shape index (κ3) is 1.92. The molecular weight excluding hydrogens is 192 g/mol. The highest BCUT2D eigenvalue weighted by atomic mass is 79.9. The molecule has 1 aromatic rings. The molecule has 1 aromatic heterocycles. The molecule has 1 rings (SSSR count). The molecule has 0 spiro atoms. The first-order valence-corrected chi connectivity index (χ1v) is 3.64. The van der Waals surface area contributed by atoms with Crippen LogP contribution in [0.1, 0.15) is 5.56 Å². The molecule has 10 heavy (non-hydrogen) atoms. The van der Waals surface area contributed by atoms with E-state index in [1.54, 1.807) is 12.4 Å². The van der Waals surface area contributed by atoms with Gasteiger partial charge in [0.25, 0.3) is 0 Å². The molecule has 0 saturated heterocycles. The summed E-state index contributed by atoms with van der Waals surface area (Å²) in [6.45, 7) is 4.02. The number of nitrogens with zero attached hydrogens (tertiary/aromatic N) is 2. The van der Waals surface area contributed by atoms with Crippen molar-refractivity contribution in [3.05, 3.63) is 28.5 Å². The predicted octanol–water partition coefficient (Wildman–Crippen LogP) is 2.04. The van der Waals surface area contributed by atoms with Gasteiger partial charge in [0.1, 0.15) is 0 Å². The second-order valence-electron chi connectivity index (χ2n) is 1.89. The van der Waals surface area contributed by atoms with Crippen molar-refractivity contribution >= 4 is 22.6 Å². The lowest BCUT2D eigenvalue weighted by atomic mass is 10.3. The van der Waals surface area contributed by atoms with Crippen molar-refractivity contribution in [3.63, 3.8) is 0 Å². The summed E-state index contributed by atoms with van der Waals surface area (Å²) < 4.78 is 0.980. The van der Waals surface area contributed by atoms with Gasteiger partial charge in [0.2, 0.25) is 0 Å². The van der Waals surface area contributed by atoms with E-state index in [0.717, 1.165) is 10.0 Å². The van der Waals surface area contributed by atoms with Crippen LogP contribution in [0.3, 0.4) is 0 Å². The summed E-state index contributed by atoms with van der Waals surface area (Å²) in [6.07, 6.45) is 3.52. The van der Waals surface area contributed by atoms with Gasteiger partial charge in [-0.3, -0.25) is 9.98 Å². The van der Waals surface area contributed by atoms with Crippen LogP contribution in [0.5, 0.6) is 0 Å². The standard InChI is InChI=1S/C7H7BrN2/c1-9-3-6-2-7(8)5-10-4-6/h2,4-5H,1,3H2. The minimum atomic E-state index is 0.631. The smallest absolute Gasteiger partial charge is 0.0647 e. The first kappa shape index (κ1) is 7.41. The average molecular weight is 199 g/mol. The molecule has 0 aliphatic carbocycles. The van der Waals surface area contributed by atoms with E-state index in [2.05, 4.69) is 32.6 Å². The molecule has 0 atom stereocenters. The normalized spacial score (nSPS) is 9.30. The molecular formula is C7H7BrN2. The first-order chi connectivity index (χ1) is 4.83. The Morgan fingerprint density at radius 2 is 2.40 bits per heavy atom. The molecule has 0 unspecified atom stereocenters. The van der Waals surface area contributed by atoms with Gasteiger partial charge in [-0.2, -0.15) is 0 Å². The Hall–Kier alpha value is -0.700. The van der Waals surface area contributed by atoms with Gasteiger partial charge in [-0.15, -0.1) is 0 Å². The Morgan fingerprint density at radius 1 is 1.60 bits per heavy atom. The van der Waals surface area contributed by atoms with Crippen LogP contribution < -0.4 is 0 Å². The number of pyridine rings is 1. The topological polar surface area (TPSA) is 25.2 Å². The van der Waals surface area contributed by atoms with Crippen LogP contribution in [0.15, 0.2) is 27.9 Å². The molecule has 3 heteroatoms. The van der Waals surface area contributed by atoms with Gasteiger partial charge in [0.15, 0.2) is 0 Å². The number of aliphatic imine (C=N–C) groups is 1. The zero-order valence-electron chi connectivity index (χ0n) is 5.42. The van der Waals surface area contributed by atoms with Crippen molar-refractivity contribution in [3.8, 4) is 0 Å². The summed E-state index contributed by atoms with van der Waals surface area (Å²) in [6, 6.07) is 1.97. The van der Waals surface area contributed by atoms with E-state index >= 15 is 0 Å². The van der Waals surface area contributed by atoms with Gasteiger partial charge in [0, 0.05) is 16.9 Å². The summed E-state index contributed by atoms with van der Waals surface area (Å²) in [4.78, 5) is 7.70. The number of hydrogen-bond donors (Lipinski definition) is 0. The molecule has 0 amide bonds. The lowest BCUT2D eigenvalue weighted by Gasteiger charge is -1.93. The van der Waals surface area contributed by atoms with Crippen molar-refractivity contribution in [1.82, 2.24) is 4.98 Å². The fourth-order valence-electron chi connectivity index (χ4n) is 0.671. The summed E-state index contributed by atoms with van der Waals surface area (Å²) in [5.74, 6) is 0. The predicted molar refractivity (Wildman–Crippen MR) is 45.2 cm³/mol. The van der Waals surface area contributed by atoms with E-state index in [-0.39, 0.29) is 0 Å². The van der Waals surface area contributed by atoms with Crippen LogP contribution in [-0.2, 0) is 6.54 Å². The molecule has 0 aromatic carbocycles. The van der Waals surface area contributed by atoms with Crippen LogP contribution in [0.4, 0.5) is 0 Å². The van der Waals surface area contributed by atoms with Crippen LogP contribution in [-0.4, -0.2) is 11.7 Å². The summed E-state index contributed by atoms with van der Waals surface area (Å²) in [5.41, 5.74) is 1.07. The van der Waals surface area contributed by atoms with E-state index in [9.17, 15) is 0 Å². The maximum absolute atomic E-state index is 3.97. The third-order valence-corrected chi connectivity index (χ3v) is 1.49. The van der Waals surface area contributed by atoms with E-state index < -0.39 is 0 Å². The Kier molecular flexibility index (Phi) is 2.57. The molecule has 0 fully saturated rings. The lowest BCUT2D eigenvalue weighted by Crippen LogP contribution is -1.81. The highest BCUT2D eigenvalue weighted by molar-refractivity contribution is 9.10. The fourth-order valence-corrected chi connectivity index (χ4v) is 1.08. The molecule has 0 radical (unpaired) electrons. The quantitative estimate of drug-likeness (QED) is 0.669. The van der Waals surface area contributed by atoms with Gasteiger partial charge in [-0.05, 0) is 34.3 Å². The van der Waals surface area contributed by atoms with Gasteiger partial charge in [0.05, 0.1) is 6.54 Å². The van der Waals surface area contributed by atoms with Crippen molar-refractivity contribution in [1.29, 1.82) is 0 Å². The average Bonchev–Trinajstić information content (AvgIpc) is 1.88. The Balaban J connectivity index is 2.84. The van der Waals surface area contributed by atoms with Crippen molar-refractivity contribution in [2.75, 3.05) is 0 Å². The van der Waals surface area contributed by atoms with Gasteiger partial charge in [-0.1, -0.05) is 0 Å². The van der Waals surface area contributed by atoms with E-state index in [1.807, 2.05) is 6.07 Å². The van der Waals surface area contributed by atoms with Gasteiger partial charge >= 0.3 is 0 Å². The number of rotatable bonds is 2. The maximum Gasteiger partial charge on any atom is 0.0647 e. The molecule has 1 heterocycles.